The van der Waals surface area contributed by atoms with Gasteiger partial charge < -0.3 is 5.32 Å². The number of hydrogen-bond acceptors (Lipinski definition) is 4. The van der Waals surface area contributed by atoms with E-state index >= 15 is 0 Å². The van der Waals surface area contributed by atoms with E-state index in [1.54, 1.807) is 19.9 Å². The van der Waals surface area contributed by atoms with E-state index in [0.717, 1.165) is 11.6 Å². The highest BCUT2D eigenvalue weighted by atomic mass is 35.5. The number of halogens is 2. The van der Waals surface area contributed by atoms with E-state index in [1.165, 1.54) is 21.1 Å². The van der Waals surface area contributed by atoms with Gasteiger partial charge in [0.1, 0.15) is 17.3 Å². The van der Waals surface area contributed by atoms with Crippen LogP contribution < -0.4 is 9.62 Å². The Morgan fingerprint density at radius 1 is 1.23 bits per heavy atom. The summed E-state index contributed by atoms with van der Waals surface area (Å²) in [6, 6.07) is 11.2. The van der Waals surface area contributed by atoms with Crippen LogP contribution in [0.4, 0.5) is 15.8 Å². The molecule has 31 heavy (non-hydrogen) atoms. The van der Waals surface area contributed by atoms with Crippen LogP contribution in [0.1, 0.15) is 17.0 Å². The minimum Gasteiger partial charge on any atom is -0.324 e. The average Bonchev–Trinajstić information content (AvgIpc) is 3.26. The van der Waals surface area contributed by atoms with Crippen molar-refractivity contribution in [3.8, 4) is 0 Å². The molecule has 1 aliphatic rings. The smallest absolute Gasteiger partial charge is 0.268 e. The van der Waals surface area contributed by atoms with Crippen LogP contribution in [0.15, 0.2) is 47.4 Å². The molecule has 10 heteroatoms. The highest BCUT2D eigenvalue weighted by Crippen LogP contribution is 2.34. The second-order valence-corrected chi connectivity index (χ2v) is 9.50. The standard InChI is InChI=1S/C21H20ClFN4O3S/c1-13-21(31(29,30)27-10-9-15-5-3-4-6-19(15)27)14(2)26(25-13)12-20(28)24-16-7-8-18(23)17(22)11-16/h3-8,11H,9-10,12H2,1-2H3,(H,24,28). The van der Waals surface area contributed by atoms with Gasteiger partial charge in [-0.2, -0.15) is 5.10 Å². The Hall–Kier alpha value is -2.91. The quantitative estimate of drug-likeness (QED) is 0.626. The number of fused-ring (bicyclic) bond motifs is 1. The van der Waals surface area contributed by atoms with Crippen LogP contribution in [-0.4, -0.2) is 30.7 Å². The second kappa shape index (κ2) is 7.97. The molecular weight excluding hydrogens is 443 g/mol. The first-order valence-corrected chi connectivity index (χ1v) is 11.4. The zero-order valence-corrected chi connectivity index (χ0v) is 18.5. The Morgan fingerprint density at radius 3 is 2.71 bits per heavy atom. The lowest BCUT2D eigenvalue weighted by Crippen LogP contribution is -2.30. The fraction of sp³-hybridized carbons (Fsp3) is 0.238. The van der Waals surface area contributed by atoms with Crippen molar-refractivity contribution < 1.29 is 17.6 Å². The van der Waals surface area contributed by atoms with Crippen molar-refractivity contribution in [1.29, 1.82) is 0 Å². The van der Waals surface area contributed by atoms with E-state index in [2.05, 4.69) is 10.4 Å². The van der Waals surface area contributed by atoms with Crippen molar-refractivity contribution in [3.05, 3.63) is 70.3 Å². The Morgan fingerprint density at radius 2 is 1.97 bits per heavy atom. The number of benzene rings is 2. The van der Waals surface area contributed by atoms with Crippen LogP contribution in [0.2, 0.25) is 5.02 Å². The topological polar surface area (TPSA) is 84.3 Å². The van der Waals surface area contributed by atoms with E-state index in [0.29, 0.717) is 35.7 Å². The van der Waals surface area contributed by atoms with Gasteiger partial charge in [-0.15, -0.1) is 0 Å². The number of aromatic nitrogens is 2. The first-order chi connectivity index (χ1) is 14.7. The number of rotatable bonds is 5. The summed E-state index contributed by atoms with van der Waals surface area (Å²) in [5.41, 5.74) is 2.67. The maximum absolute atomic E-state index is 13.4. The van der Waals surface area contributed by atoms with E-state index in [4.69, 9.17) is 11.6 Å². The predicted octanol–water partition coefficient (Wildman–Crippen LogP) is 3.68. The van der Waals surface area contributed by atoms with Gasteiger partial charge in [0.05, 0.1) is 22.1 Å². The van der Waals surface area contributed by atoms with E-state index < -0.39 is 21.7 Å². The first kappa shape index (κ1) is 21.3. The Kier molecular flexibility index (Phi) is 5.49. The molecule has 3 aromatic rings. The number of nitrogens with zero attached hydrogens (tertiary/aromatic N) is 3. The molecule has 162 valence electrons. The molecule has 0 bridgehead atoms. The molecule has 0 unspecified atom stereocenters. The molecule has 1 aromatic heterocycles. The number of carbonyl (C=O) groups is 1. The molecule has 1 N–H and O–H groups in total. The molecule has 0 atom stereocenters. The summed E-state index contributed by atoms with van der Waals surface area (Å²) in [5.74, 6) is -1.03. The maximum Gasteiger partial charge on any atom is 0.268 e. The lowest BCUT2D eigenvalue weighted by molar-refractivity contribution is -0.116. The Balaban J connectivity index is 1.59. The maximum atomic E-state index is 13.4. The van der Waals surface area contributed by atoms with Crippen LogP contribution in [0.5, 0.6) is 0 Å². The number of carbonyl (C=O) groups excluding carboxylic acids is 1. The van der Waals surface area contributed by atoms with Crippen LogP contribution in [-0.2, 0) is 27.8 Å². The highest BCUT2D eigenvalue weighted by molar-refractivity contribution is 7.93. The van der Waals surface area contributed by atoms with Gasteiger partial charge in [0.25, 0.3) is 10.0 Å². The van der Waals surface area contributed by atoms with Gasteiger partial charge >= 0.3 is 0 Å². The summed E-state index contributed by atoms with van der Waals surface area (Å²) >= 11 is 5.74. The lowest BCUT2D eigenvalue weighted by atomic mass is 10.2. The monoisotopic (exact) mass is 462 g/mol. The van der Waals surface area contributed by atoms with Crippen molar-refractivity contribution in [2.24, 2.45) is 0 Å². The average molecular weight is 463 g/mol. The summed E-state index contributed by atoms with van der Waals surface area (Å²) in [5, 5.41) is 6.78. The van der Waals surface area contributed by atoms with Crippen LogP contribution in [0.3, 0.4) is 0 Å². The minimum atomic E-state index is -3.84. The van der Waals surface area contributed by atoms with Gasteiger partial charge in [-0.05, 0) is 50.1 Å². The molecule has 1 amide bonds. The number of sulfonamides is 1. The number of anilines is 2. The Bertz CT molecular complexity index is 1290. The van der Waals surface area contributed by atoms with Crippen molar-refractivity contribution in [1.82, 2.24) is 9.78 Å². The molecule has 2 heterocycles. The minimum absolute atomic E-state index is 0.0989. The Labute approximate surface area is 184 Å². The molecule has 0 radical (unpaired) electrons. The first-order valence-electron chi connectivity index (χ1n) is 9.58. The van der Waals surface area contributed by atoms with Gasteiger partial charge in [-0.1, -0.05) is 29.8 Å². The largest absolute Gasteiger partial charge is 0.324 e. The SMILES string of the molecule is Cc1nn(CC(=O)Nc2ccc(F)c(Cl)c2)c(C)c1S(=O)(=O)N1CCc2ccccc21. The summed E-state index contributed by atoms with van der Waals surface area (Å²) in [6.07, 6.45) is 0.643. The lowest BCUT2D eigenvalue weighted by Gasteiger charge is -2.19. The van der Waals surface area contributed by atoms with Gasteiger partial charge in [0.2, 0.25) is 5.91 Å². The van der Waals surface area contributed by atoms with Crippen molar-refractivity contribution in [2.75, 3.05) is 16.2 Å². The zero-order chi connectivity index (χ0) is 22.3. The van der Waals surface area contributed by atoms with Crippen LogP contribution in [0.25, 0.3) is 0 Å². The van der Waals surface area contributed by atoms with E-state index in [1.807, 2.05) is 18.2 Å². The van der Waals surface area contributed by atoms with Gasteiger partial charge in [-0.25, -0.2) is 12.8 Å². The molecule has 7 nitrogen and oxygen atoms in total. The number of hydrogen-bond donors (Lipinski definition) is 1. The normalized spacial score (nSPS) is 13.4. The molecule has 2 aromatic carbocycles. The fourth-order valence-corrected chi connectivity index (χ4v) is 5.85. The molecule has 0 saturated carbocycles. The molecule has 4 rings (SSSR count). The molecule has 1 aliphatic heterocycles. The fourth-order valence-electron chi connectivity index (χ4n) is 3.79. The van der Waals surface area contributed by atoms with E-state index in [9.17, 15) is 17.6 Å². The summed E-state index contributed by atoms with van der Waals surface area (Å²) < 4.78 is 42.9. The molecular formula is C21H20ClFN4O3S. The number of nitrogens with one attached hydrogen (secondary N) is 1. The molecule has 0 spiro atoms. The number of aryl methyl sites for hydroxylation is 1. The highest BCUT2D eigenvalue weighted by Gasteiger charge is 2.35. The summed E-state index contributed by atoms with van der Waals surface area (Å²) in [6.45, 7) is 3.39. The van der Waals surface area contributed by atoms with E-state index in [-0.39, 0.29) is 16.5 Å². The van der Waals surface area contributed by atoms with Gasteiger partial charge in [-0.3, -0.25) is 13.8 Å². The summed E-state index contributed by atoms with van der Waals surface area (Å²) in [7, 11) is -3.84. The van der Waals surface area contributed by atoms with Gasteiger partial charge in [0.15, 0.2) is 0 Å². The van der Waals surface area contributed by atoms with Crippen molar-refractivity contribution >= 4 is 38.9 Å². The van der Waals surface area contributed by atoms with Gasteiger partial charge in [0, 0.05) is 12.2 Å². The van der Waals surface area contributed by atoms with Crippen molar-refractivity contribution in [3.63, 3.8) is 0 Å². The van der Waals surface area contributed by atoms with Crippen molar-refractivity contribution in [2.45, 2.75) is 31.7 Å². The molecule has 0 saturated heterocycles. The third-order valence-corrected chi connectivity index (χ3v) is 7.56. The third-order valence-electron chi connectivity index (χ3n) is 5.20. The second-order valence-electron chi connectivity index (χ2n) is 7.29. The number of amides is 1. The van der Waals surface area contributed by atoms with Crippen LogP contribution in [0, 0.1) is 19.7 Å². The molecule has 0 aliphatic carbocycles. The number of para-hydroxylation sites is 1. The predicted molar refractivity (Wildman–Crippen MR) is 116 cm³/mol. The molecule has 0 fully saturated rings. The summed E-state index contributed by atoms with van der Waals surface area (Å²) in [4.78, 5) is 12.6. The zero-order valence-electron chi connectivity index (χ0n) is 16.9. The third kappa shape index (κ3) is 3.90. The van der Waals surface area contributed by atoms with Crippen LogP contribution >= 0.6 is 11.6 Å².